The monoisotopic (exact) mass is 573 g/mol. The van der Waals surface area contributed by atoms with Gasteiger partial charge in [-0.05, 0) is 42.5 Å². The number of anilines is 3. The van der Waals surface area contributed by atoms with Gasteiger partial charge in [0.25, 0.3) is 0 Å². The van der Waals surface area contributed by atoms with Crippen molar-refractivity contribution in [2.24, 2.45) is 0 Å². The van der Waals surface area contributed by atoms with Crippen molar-refractivity contribution >= 4 is 28.1 Å². The van der Waals surface area contributed by atoms with Crippen molar-refractivity contribution in [2.75, 3.05) is 50.7 Å². The Morgan fingerprint density at radius 1 is 1.00 bits per heavy atom. The molecule has 0 aliphatic carbocycles. The molecular formula is C31H29F2N5O4. The number of halogens is 2. The topological polar surface area (TPSA) is 93.9 Å². The number of rotatable bonds is 8. The lowest BCUT2D eigenvalue weighted by molar-refractivity contribution is 0.122. The van der Waals surface area contributed by atoms with E-state index >= 15 is 0 Å². The minimum absolute atomic E-state index is 0.0728. The van der Waals surface area contributed by atoms with Crippen LogP contribution in [-0.4, -0.2) is 60.2 Å². The van der Waals surface area contributed by atoms with E-state index in [4.69, 9.17) is 14.2 Å². The first-order chi connectivity index (χ1) is 20.4. The molecule has 5 aromatic rings. The van der Waals surface area contributed by atoms with Gasteiger partial charge in [-0.1, -0.05) is 6.07 Å². The number of nitrogens with zero attached hydrogens (tertiary/aromatic N) is 4. The Labute approximate surface area is 240 Å². The quantitative estimate of drug-likeness (QED) is 0.243. The van der Waals surface area contributed by atoms with Gasteiger partial charge in [0.15, 0.2) is 0 Å². The van der Waals surface area contributed by atoms with Crippen LogP contribution in [0, 0.1) is 11.6 Å². The third-order valence-electron chi connectivity index (χ3n) is 7.24. The molecule has 0 bridgehead atoms. The van der Waals surface area contributed by atoms with E-state index in [1.165, 1.54) is 24.3 Å². The van der Waals surface area contributed by atoms with Gasteiger partial charge in [-0.3, -0.25) is 0 Å². The summed E-state index contributed by atoms with van der Waals surface area (Å²) in [6.45, 7) is 3.04. The van der Waals surface area contributed by atoms with E-state index in [1.807, 2.05) is 18.2 Å². The average molecular weight is 574 g/mol. The summed E-state index contributed by atoms with van der Waals surface area (Å²) in [6, 6.07) is 14.4. The zero-order chi connectivity index (χ0) is 29.2. The highest BCUT2D eigenvalue weighted by Gasteiger charge is 2.21. The zero-order valence-electron chi connectivity index (χ0n) is 23.1. The molecule has 0 spiro atoms. The minimum atomic E-state index is -0.740. The second-order valence-electron chi connectivity index (χ2n) is 9.80. The number of morpholine rings is 1. The van der Waals surface area contributed by atoms with E-state index in [0.29, 0.717) is 47.0 Å². The molecule has 2 aromatic carbocycles. The van der Waals surface area contributed by atoms with Crippen molar-refractivity contribution in [3.8, 4) is 28.6 Å². The highest BCUT2D eigenvalue weighted by molar-refractivity contribution is 5.99. The number of fused-ring (bicyclic) bond motifs is 1. The first-order valence-corrected chi connectivity index (χ1v) is 13.4. The van der Waals surface area contributed by atoms with Crippen molar-refractivity contribution in [3.63, 3.8) is 0 Å². The highest BCUT2D eigenvalue weighted by Crippen LogP contribution is 2.39. The molecule has 42 heavy (non-hydrogen) atoms. The van der Waals surface area contributed by atoms with Crippen molar-refractivity contribution in [1.29, 1.82) is 0 Å². The molecule has 0 saturated carbocycles. The Morgan fingerprint density at radius 2 is 1.79 bits per heavy atom. The van der Waals surface area contributed by atoms with Gasteiger partial charge in [0.1, 0.15) is 29.0 Å². The third-order valence-corrected chi connectivity index (χ3v) is 7.24. The summed E-state index contributed by atoms with van der Waals surface area (Å²) >= 11 is 0. The fourth-order valence-electron chi connectivity index (χ4n) is 5.10. The minimum Gasteiger partial charge on any atom is -0.497 e. The van der Waals surface area contributed by atoms with Gasteiger partial charge < -0.3 is 34.1 Å². The predicted octanol–water partition coefficient (Wildman–Crippen LogP) is 5.73. The summed E-state index contributed by atoms with van der Waals surface area (Å²) in [6.07, 6.45) is 3.32. The van der Waals surface area contributed by atoms with Crippen LogP contribution in [0.5, 0.6) is 17.4 Å². The molecule has 11 heteroatoms. The fourth-order valence-corrected chi connectivity index (χ4v) is 5.10. The van der Waals surface area contributed by atoms with Crippen LogP contribution < -0.4 is 19.7 Å². The summed E-state index contributed by atoms with van der Waals surface area (Å²) in [4.78, 5) is 11.3. The summed E-state index contributed by atoms with van der Waals surface area (Å²) in [7, 11) is 3.13. The standard InChI is InChI=1S/C31H29F2N5O4/c1-40-21-8-6-19(27(14-21)41-2)17-38-18-26-30(31(38)39)25(15-24(36-26)29-22(32)4-3-5-23(29)33)35-20-7-9-28(34-16-20)37-10-12-42-13-11-37/h3-9,14-16,18,35,39H,10-13,17H2,1-2H3. The number of benzene rings is 2. The first-order valence-electron chi connectivity index (χ1n) is 13.4. The summed E-state index contributed by atoms with van der Waals surface area (Å²) < 4.78 is 47.5. The molecule has 0 atom stereocenters. The number of pyridine rings is 2. The molecule has 1 fully saturated rings. The number of hydrogen-bond acceptors (Lipinski definition) is 8. The van der Waals surface area contributed by atoms with E-state index in [-0.39, 0.29) is 23.7 Å². The molecule has 2 N–H and O–H groups in total. The molecule has 216 valence electrons. The molecule has 0 amide bonds. The van der Waals surface area contributed by atoms with Crippen LogP contribution in [0.4, 0.5) is 26.0 Å². The lowest BCUT2D eigenvalue weighted by Crippen LogP contribution is -2.36. The van der Waals surface area contributed by atoms with Crippen LogP contribution >= 0.6 is 0 Å². The summed E-state index contributed by atoms with van der Waals surface area (Å²) in [5, 5.41) is 15.1. The van der Waals surface area contributed by atoms with E-state index in [0.717, 1.165) is 24.5 Å². The Bertz CT molecular complexity index is 1720. The second-order valence-corrected chi connectivity index (χ2v) is 9.80. The highest BCUT2D eigenvalue weighted by atomic mass is 19.1. The van der Waals surface area contributed by atoms with Gasteiger partial charge in [0.2, 0.25) is 5.88 Å². The fraction of sp³-hybridized carbons (Fsp3) is 0.226. The lowest BCUT2D eigenvalue weighted by atomic mass is 10.1. The smallest absolute Gasteiger partial charge is 0.203 e. The van der Waals surface area contributed by atoms with E-state index in [9.17, 15) is 13.9 Å². The number of nitrogens with one attached hydrogen (secondary N) is 1. The SMILES string of the molecule is COc1ccc(Cn2cc3nc(-c4c(F)cccc4F)cc(Nc4ccc(N5CCOCC5)nc4)c3c2O)c(OC)c1. The van der Waals surface area contributed by atoms with Gasteiger partial charge in [0.05, 0.1) is 73.7 Å². The Balaban J connectivity index is 1.42. The van der Waals surface area contributed by atoms with Gasteiger partial charge in [-0.25, -0.2) is 18.7 Å². The largest absolute Gasteiger partial charge is 0.497 e. The second kappa shape index (κ2) is 11.5. The first kappa shape index (κ1) is 27.3. The lowest BCUT2D eigenvalue weighted by Gasteiger charge is -2.27. The number of aromatic nitrogens is 3. The van der Waals surface area contributed by atoms with E-state index < -0.39 is 11.6 Å². The number of hydrogen-bond donors (Lipinski definition) is 2. The Kier molecular flexibility index (Phi) is 7.49. The molecule has 4 heterocycles. The molecule has 1 saturated heterocycles. The maximum Gasteiger partial charge on any atom is 0.203 e. The van der Waals surface area contributed by atoms with E-state index in [1.54, 1.807) is 43.3 Å². The van der Waals surface area contributed by atoms with Gasteiger partial charge in [-0.2, -0.15) is 0 Å². The van der Waals surface area contributed by atoms with Crippen LogP contribution in [0.15, 0.2) is 67.0 Å². The predicted molar refractivity (Wildman–Crippen MR) is 156 cm³/mol. The molecule has 1 aliphatic heterocycles. The normalized spacial score (nSPS) is 13.4. The van der Waals surface area contributed by atoms with Crippen LogP contribution in [0.25, 0.3) is 22.2 Å². The molecule has 9 nitrogen and oxygen atoms in total. The van der Waals surface area contributed by atoms with Gasteiger partial charge in [0, 0.05) is 30.9 Å². The van der Waals surface area contributed by atoms with Gasteiger partial charge >= 0.3 is 0 Å². The molecular weight excluding hydrogens is 544 g/mol. The maximum atomic E-state index is 14.8. The van der Waals surface area contributed by atoms with Crippen LogP contribution in [0.3, 0.4) is 0 Å². The zero-order valence-corrected chi connectivity index (χ0v) is 23.1. The molecule has 3 aromatic heterocycles. The third kappa shape index (κ3) is 5.26. The maximum absolute atomic E-state index is 14.8. The Hall–Kier alpha value is -4.90. The number of aromatic hydroxyl groups is 1. The van der Waals surface area contributed by atoms with Crippen molar-refractivity contribution in [2.45, 2.75) is 6.54 Å². The molecule has 6 rings (SSSR count). The molecule has 0 radical (unpaired) electrons. The van der Waals surface area contributed by atoms with Crippen molar-refractivity contribution in [1.82, 2.24) is 14.5 Å². The van der Waals surface area contributed by atoms with Crippen LogP contribution in [0.1, 0.15) is 5.56 Å². The number of methoxy groups -OCH3 is 2. The van der Waals surface area contributed by atoms with Crippen LogP contribution in [0.2, 0.25) is 0 Å². The Morgan fingerprint density at radius 3 is 2.48 bits per heavy atom. The van der Waals surface area contributed by atoms with Crippen molar-refractivity contribution in [3.05, 3.63) is 84.2 Å². The van der Waals surface area contributed by atoms with Crippen LogP contribution in [-0.2, 0) is 11.3 Å². The average Bonchev–Trinajstić information content (AvgIpc) is 3.32. The van der Waals surface area contributed by atoms with E-state index in [2.05, 4.69) is 20.2 Å². The summed E-state index contributed by atoms with van der Waals surface area (Å²) in [5.41, 5.74) is 2.00. The molecule has 1 aliphatic rings. The summed E-state index contributed by atoms with van der Waals surface area (Å²) in [5.74, 6) is 0.484. The number of ether oxygens (including phenoxy) is 3. The van der Waals surface area contributed by atoms with Gasteiger partial charge in [-0.15, -0.1) is 0 Å². The van der Waals surface area contributed by atoms with Crippen molar-refractivity contribution < 1.29 is 28.1 Å². The molecule has 0 unspecified atom stereocenters.